The molecule has 18 heavy (non-hydrogen) atoms. The summed E-state index contributed by atoms with van der Waals surface area (Å²) in [6.07, 6.45) is 0.276. The zero-order chi connectivity index (χ0) is 13.0. The van der Waals surface area contributed by atoms with E-state index in [0.29, 0.717) is 19.3 Å². The molecule has 1 atom stereocenters. The van der Waals surface area contributed by atoms with Crippen molar-refractivity contribution in [2.75, 3.05) is 19.8 Å². The summed E-state index contributed by atoms with van der Waals surface area (Å²) in [5.74, 6) is 0. The molecule has 1 N–H and O–H groups in total. The Morgan fingerprint density at radius 2 is 2.00 bits per heavy atom. The lowest BCUT2D eigenvalue weighted by Crippen LogP contribution is -2.39. The summed E-state index contributed by atoms with van der Waals surface area (Å²) in [5, 5.41) is 4.16. The van der Waals surface area contributed by atoms with Crippen LogP contribution in [0.5, 0.6) is 0 Å². The van der Waals surface area contributed by atoms with E-state index >= 15 is 0 Å². The standard InChI is InChI=1S/C14H20ClNO2/c1-10(2)16-7-14(18-13-8-17-9-13)11-3-5-12(15)6-4-11/h3-6,10,13-14,16H,7-9H2,1-2H3. The van der Waals surface area contributed by atoms with Gasteiger partial charge in [-0.3, -0.25) is 0 Å². The molecule has 1 aromatic carbocycles. The fourth-order valence-corrected chi connectivity index (χ4v) is 1.92. The van der Waals surface area contributed by atoms with Gasteiger partial charge >= 0.3 is 0 Å². The Balaban J connectivity index is 1.99. The lowest BCUT2D eigenvalue weighted by Gasteiger charge is -2.31. The maximum Gasteiger partial charge on any atom is 0.105 e. The SMILES string of the molecule is CC(C)NCC(OC1COC1)c1ccc(Cl)cc1. The second-order valence-corrected chi connectivity index (χ2v) is 5.34. The minimum Gasteiger partial charge on any atom is -0.376 e. The molecule has 1 unspecified atom stereocenters. The molecule has 1 fully saturated rings. The van der Waals surface area contributed by atoms with Crippen LogP contribution in [0.2, 0.25) is 5.02 Å². The van der Waals surface area contributed by atoms with Gasteiger partial charge in [-0.1, -0.05) is 37.6 Å². The van der Waals surface area contributed by atoms with Crippen LogP contribution in [0.25, 0.3) is 0 Å². The Morgan fingerprint density at radius 1 is 1.33 bits per heavy atom. The minimum absolute atomic E-state index is 0.0542. The summed E-state index contributed by atoms with van der Waals surface area (Å²) in [6, 6.07) is 8.30. The molecule has 100 valence electrons. The second kappa shape index (κ2) is 6.53. The molecule has 1 aliphatic heterocycles. The first kappa shape index (κ1) is 13.8. The fourth-order valence-electron chi connectivity index (χ4n) is 1.79. The van der Waals surface area contributed by atoms with Gasteiger partial charge in [0.15, 0.2) is 0 Å². The van der Waals surface area contributed by atoms with Crippen molar-refractivity contribution >= 4 is 11.6 Å². The van der Waals surface area contributed by atoms with Crippen LogP contribution < -0.4 is 5.32 Å². The molecule has 2 rings (SSSR count). The minimum atomic E-state index is 0.0542. The van der Waals surface area contributed by atoms with Crippen LogP contribution in [0.15, 0.2) is 24.3 Å². The third kappa shape index (κ3) is 3.95. The smallest absolute Gasteiger partial charge is 0.105 e. The number of ether oxygens (including phenoxy) is 2. The van der Waals surface area contributed by atoms with Gasteiger partial charge in [-0.25, -0.2) is 0 Å². The molecular weight excluding hydrogens is 250 g/mol. The lowest BCUT2D eigenvalue weighted by atomic mass is 10.1. The molecule has 1 heterocycles. The molecule has 4 heteroatoms. The number of benzene rings is 1. The normalized spacial score (nSPS) is 17.8. The number of rotatable bonds is 6. The van der Waals surface area contributed by atoms with Crippen molar-refractivity contribution in [1.82, 2.24) is 5.32 Å². The van der Waals surface area contributed by atoms with Crippen molar-refractivity contribution in [3.63, 3.8) is 0 Å². The Kier molecular flexibility index (Phi) is 5.01. The van der Waals surface area contributed by atoms with Gasteiger partial charge in [-0.2, -0.15) is 0 Å². The third-order valence-corrected chi connectivity index (χ3v) is 3.17. The van der Waals surface area contributed by atoms with Gasteiger partial charge < -0.3 is 14.8 Å². The highest BCUT2D eigenvalue weighted by atomic mass is 35.5. The molecule has 1 aromatic rings. The van der Waals surface area contributed by atoms with Crippen LogP contribution in [0, 0.1) is 0 Å². The highest BCUT2D eigenvalue weighted by Crippen LogP contribution is 2.23. The third-order valence-electron chi connectivity index (χ3n) is 2.92. The van der Waals surface area contributed by atoms with Crippen LogP contribution in [-0.2, 0) is 9.47 Å². The predicted molar refractivity (Wildman–Crippen MR) is 73.0 cm³/mol. The Bertz CT molecular complexity index is 363. The Hall–Kier alpha value is -0.610. The van der Waals surface area contributed by atoms with Crippen molar-refractivity contribution in [1.29, 1.82) is 0 Å². The average Bonchev–Trinajstić information content (AvgIpc) is 2.28. The number of halogens is 1. The highest BCUT2D eigenvalue weighted by Gasteiger charge is 2.24. The van der Waals surface area contributed by atoms with Crippen molar-refractivity contribution in [2.45, 2.75) is 32.1 Å². The largest absolute Gasteiger partial charge is 0.376 e. The van der Waals surface area contributed by atoms with E-state index in [2.05, 4.69) is 19.2 Å². The Labute approximate surface area is 113 Å². The van der Waals surface area contributed by atoms with Gasteiger partial charge in [-0.05, 0) is 17.7 Å². The molecule has 0 spiro atoms. The molecule has 1 aliphatic rings. The van der Waals surface area contributed by atoms with E-state index in [9.17, 15) is 0 Å². The molecule has 0 aliphatic carbocycles. The second-order valence-electron chi connectivity index (χ2n) is 4.90. The maximum atomic E-state index is 6.03. The first-order valence-corrected chi connectivity index (χ1v) is 6.75. The van der Waals surface area contributed by atoms with Gasteiger partial charge in [0, 0.05) is 17.6 Å². The monoisotopic (exact) mass is 269 g/mol. The van der Waals surface area contributed by atoms with Crippen molar-refractivity contribution in [3.05, 3.63) is 34.9 Å². The zero-order valence-corrected chi connectivity index (χ0v) is 11.6. The predicted octanol–water partition coefficient (Wildman–Crippen LogP) is 2.79. The topological polar surface area (TPSA) is 30.5 Å². The van der Waals surface area contributed by atoms with E-state index in [4.69, 9.17) is 21.1 Å². The molecule has 0 aromatic heterocycles. The van der Waals surface area contributed by atoms with E-state index in [0.717, 1.165) is 17.1 Å². The number of hydrogen-bond donors (Lipinski definition) is 1. The van der Waals surface area contributed by atoms with Crippen LogP contribution in [0.3, 0.4) is 0 Å². The molecule has 1 saturated heterocycles. The molecule has 0 saturated carbocycles. The van der Waals surface area contributed by atoms with E-state index in [1.54, 1.807) is 0 Å². The van der Waals surface area contributed by atoms with Crippen molar-refractivity contribution in [2.24, 2.45) is 0 Å². The molecule has 0 bridgehead atoms. The van der Waals surface area contributed by atoms with Gasteiger partial charge in [0.1, 0.15) is 6.10 Å². The van der Waals surface area contributed by atoms with E-state index < -0.39 is 0 Å². The molecular formula is C14H20ClNO2. The van der Waals surface area contributed by atoms with Crippen LogP contribution >= 0.6 is 11.6 Å². The van der Waals surface area contributed by atoms with Crippen LogP contribution in [0.4, 0.5) is 0 Å². The average molecular weight is 270 g/mol. The molecule has 0 amide bonds. The van der Waals surface area contributed by atoms with E-state index in [1.165, 1.54) is 0 Å². The van der Waals surface area contributed by atoms with Crippen LogP contribution in [-0.4, -0.2) is 31.9 Å². The van der Waals surface area contributed by atoms with Crippen molar-refractivity contribution < 1.29 is 9.47 Å². The van der Waals surface area contributed by atoms with Gasteiger partial charge in [0.25, 0.3) is 0 Å². The maximum absolute atomic E-state index is 6.03. The quantitative estimate of drug-likeness (QED) is 0.861. The Morgan fingerprint density at radius 3 is 2.50 bits per heavy atom. The summed E-state index contributed by atoms with van der Waals surface area (Å²) in [5.41, 5.74) is 1.15. The fraction of sp³-hybridized carbons (Fsp3) is 0.571. The lowest BCUT2D eigenvalue weighted by molar-refractivity contribution is -0.155. The zero-order valence-electron chi connectivity index (χ0n) is 10.9. The first-order chi connectivity index (χ1) is 8.65. The molecule has 0 radical (unpaired) electrons. The molecule has 3 nitrogen and oxygen atoms in total. The number of nitrogens with one attached hydrogen (secondary N) is 1. The van der Waals surface area contributed by atoms with Gasteiger partial charge in [0.2, 0.25) is 0 Å². The summed E-state index contributed by atoms with van der Waals surface area (Å²) in [6.45, 7) is 6.46. The summed E-state index contributed by atoms with van der Waals surface area (Å²) >= 11 is 5.91. The number of hydrogen-bond acceptors (Lipinski definition) is 3. The summed E-state index contributed by atoms with van der Waals surface area (Å²) in [4.78, 5) is 0. The van der Waals surface area contributed by atoms with Crippen molar-refractivity contribution in [3.8, 4) is 0 Å². The first-order valence-electron chi connectivity index (χ1n) is 6.37. The van der Waals surface area contributed by atoms with Gasteiger partial charge in [-0.15, -0.1) is 0 Å². The summed E-state index contributed by atoms with van der Waals surface area (Å²) < 4.78 is 11.2. The highest BCUT2D eigenvalue weighted by molar-refractivity contribution is 6.30. The van der Waals surface area contributed by atoms with E-state index in [-0.39, 0.29) is 12.2 Å². The van der Waals surface area contributed by atoms with Crippen LogP contribution in [0.1, 0.15) is 25.5 Å². The van der Waals surface area contributed by atoms with E-state index in [1.807, 2.05) is 24.3 Å². The van der Waals surface area contributed by atoms with Gasteiger partial charge in [0.05, 0.1) is 19.3 Å². The summed E-state index contributed by atoms with van der Waals surface area (Å²) in [7, 11) is 0.